The third-order valence-corrected chi connectivity index (χ3v) is 5.25. The van der Waals surface area contributed by atoms with E-state index in [0.717, 1.165) is 13.0 Å². The summed E-state index contributed by atoms with van der Waals surface area (Å²) in [5.41, 5.74) is 5.15. The fraction of sp³-hybridized carbons (Fsp3) is 0.286. The van der Waals surface area contributed by atoms with Crippen molar-refractivity contribution in [2.75, 3.05) is 7.05 Å². The fourth-order valence-electron chi connectivity index (χ4n) is 3.52. The summed E-state index contributed by atoms with van der Waals surface area (Å²) in [5, 5.41) is 9.16. The summed E-state index contributed by atoms with van der Waals surface area (Å²) in [5.74, 6) is -5.04. The summed E-state index contributed by atoms with van der Waals surface area (Å²) in [6.07, 6.45) is 0. The largest absolute Gasteiger partial charge is 0.369 e. The van der Waals surface area contributed by atoms with Crippen LogP contribution in [0.1, 0.15) is 42.0 Å². The van der Waals surface area contributed by atoms with Crippen molar-refractivity contribution in [3.8, 4) is 6.07 Å². The molecule has 0 unspecified atom stereocenters. The summed E-state index contributed by atoms with van der Waals surface area (Å²) in [4.78, 5) is 18.8. The Kier molecular flexibility index (Phi) is 4.87. The number of aliphatic imine (C=N–C) groups is 1. The summed E-state index contributed by atoms with van der Waals surface area (Å²) in [6, 6.07) is 11.1. The van der Waals surface area contributed by atoms with E-state index in [9.17, 15) is 18.0 Å². The highest BCUT2D eigenvalue weighted by atomic mass is 19.3. The van der Waals surface area contributed by atoms with Crippen LogP contribution in [0, 0.1) is 17.1 Å². The number of rotatable bonds is 3. The second-order valence-electron chi connectivity index (χ2n) is 7.26. The molecule has 0 saturated carbocycles. The molecule has 29 heavy (non-hydrogen) atoms. The first-order valence-electron chi connectivity index (χ1n) is 8.80. The number of carbonyl (C=O) groups is 1. The zero-order valence-electron chi connectivity index (χ0n) is 16.1. The van der Waals surface area contributed by atoms with Gasteiger partial charge in [-0.25, -0.2) is 18.2 Å². The number of likely N-dealkylation sites (N-methyl/N-ethyl adjacent to an activating group) is 1. The van der Waals surface area contributed by atoms with Crippen LogP contribution >= 0.6 is 0 Å². The first-order chi connectivity index (χ1) is 13.5. The maximum atomic E-state index is 13.8. The highest BCUT2D eigenvalue weighted by Crippen LogP contribution is 2.44. The molecule has 2 aromatic rings. The van der Waals surface area contributed by atoms with Crippen LogP contribution in [0.15, 0.2) is 47.5 Å². The first-order valence-corrected chi connectivity index (χ1v) is 8.80. The highest BCUT2D eigenvalue weighted by Gasteiger charge is 2.47. The van der Waals surface area contributed by atoms with Gasteiger partial charge in [0.25, 0.3) is 5.92 Å². The minimum Gasteiger partial charge on any atom is -0.369 e. The fourth-order valence-corrected chi connectivity index (χ4v) is 3.52. The Hall–Kier alpha value is -3.34. The van der Waals surface area contributed by atoms with Crippen molar-refractivity contribution in [3.63, 3.8) is 0 Å². The molecule has 0 bridgehead atoms. The number of nitrogens with zero attached hydrogens (tertiary/aromatic N) is 3. The molecule has 0 spiro atoms. The van der Waals surface area contributed by atoms with Gasteiger partial charge in [0.1, 0.15) is 17.4 Å². The summed E-state index contributed by atoms with van der Waals surface area (Å²) < 4.78 is 41.0. The van der Waals surface area contributed by atoms with Crippen LogP contribution < -0.4 is 5.73 Å². The summed E-state index contributed by atoms with van der Waals surface area (Å²) in [6.45, 7) is 2.44. The molecule has 0 fully saturated rings. The second kappa shape index (κ2) is 6.92. The van der Waals surface area contributed by atoms with Gasteiger partial charge in [0, 0.05) is 19.5 Å². The van der Waals surface area contributed by atoms with E-state index in [-0.39, 0.29) is 23.0 Å². The summed E-state index contributed by atoms with van der Waals surface area (Å²) in [7, 11) is 1.47. The minimum absolute atomic E-state index is 0.0340. The van der Waals surface area contributed by atoms with Crippen molar-refractivity contribution in [1.82, 2.24) is 4.90 Å². The minimum atomic E-state index is -3.02. The number of hydrogen-bond donors (Lipinski definition) is 1. The van der Waals surface area contributed by atoms with Crippen molar-refractivity contribution in [2.24, 2.45) is 10.7 Å². The van der Waals surface area contributed by atoms with E-state index in [1.165, 1.54) is 48.3 Å². The zero-order valence-corrected chi connectivity index (χ0v) is 16.1. The molecule has 8 heteroatoms. The van der Waals surface area contributed by atoms with Gasteiger partial charge < -0.3 is 5.73 Å². The number of alkyl halides is 2. The average Bonchev–Trinajstić information content (AvgIpc) is 2.66. The molecule has 0 aliphatic carbocycles. The Balaban J connectivity index is 2.19. The Morgan fingerprint density at radius 3 is 2.41 bits per heavy atom. The van der Waals surface area contributed by atoms with Gasteiger partial charge in [0.05, 0.1) is 11.5 Å². The van der Waals surface area contributed by atoms with Crippen LogP contribution in [-0.4, -0.2) is 23.8 Å². The predicted molar refractivity (Wildman–Crippen MR) is 102 cm³/mol. The lowest BCUT2D eigenvalue weighted by Gasteiger charge is -2.41. The SMILES string of the molecule is CN1C(=O)[C@@H](c2ccc(C(C)(F)F)cc2)[C@@](C)(c2ccc(F)c(C#N)c2)N=C1N. The molecular weight excluding hydrogens is 381 g/mol. The van der Waals surface area contributed by atoms with E-state index in [1.807, 2.05) is 0 Å². The van der Waals surface area contributed by atoms with Crippen molar-refractivity contribution < 1.29 is 18.0 Å². The van der Waals surface area contributed by atoms with Crippen LogP contribution in [-0.2, 0) is 16.3 Å². The zero-order chi connectivity index (χ0) is 21.6. The van der Waals surface area contributed by atoms with Crippen LogP contribution in [0.2, 0.25) is 0 Å². The van der Waals surface area contributed by atoms with E-state index in [2.05, 4.69) is 4.99 Å². The van der Waals surface area contributed by atoms with Gasteiger partial charge in [-0.2, -0.15) is 5.26 Å². The van der Waals surface area contributed by atoms with Crippen LogP contribution in [0.3, 0.4) is 0 Å². The molecule has 1 aliphatic heterocycles. The van der Waals surface area contributed by atoms with Crippen LogP contribution in [0.5, 0.6) is 0 Å². The lowest BCUT2D eigenvalue weighted by atomic mass is 9.74. The summed E-state index contributed by atoms with van der Waals surface area (Å²) >= 11 is 0. The smallest absolute Gasteiger partial charge is 0.270 e. The highest BCUT2D eigenvalue weighted by molar-refractivity contribution is 6.02. The van der Waals surface area contributed by atoms with Crippen LogP contribution in [0.4, 0.5) is 13.2 Å². The Labute approximate surface area is 166 Å². The molecule has 0 radical (unpaired) electrons. The van der Waals surface area contributed by atoms with Gasteiger partial charge in [-0.1, -0.05) is 30.3 Å². The lowest BCUT2D eigenvalue weighted by molar-refractivity contribution is -0.130. The molecule has 1 amide bonds. The number of nitrogens with two attached hydrogens (primary N) is 1. The Morgan fingerprint density at radius 1 is 1.24 bits per heavy atom. The first kappa shape index (κ1) is 20.4. The number of nitriles is 1. The number of benzene rings is 2. The van der Waals surface area contributed by atoms with Gasteiger partial charge in [-0.05, 0) is 30.2 Å². The van der Waals surface area contributed by atoms with E-state index >= 15 is 0 Å². The third-order valence-electron chi connectivity index (χ3n) is 5.25. The molecule has 1 heterocycles. The second-order valence-corrected chi connectivity index (χ2v) is 7.26. The lowest BCUT2D eigenvalue weighted by Crippen LogP contribution is -2.52. The van der Waals surface area contributed by atoms with Crippen LogP contribution in [0.25, 0.3) is 0 Å². The number of carbonyl (C=O) groups excluding carboxylic acids is 1. The van der Waals surface area contributed by atoms with Gasteiger partial charge >= 0.3 is 0 Å². The van der Waals surface area contributed by atoms with E-state index in [0.29, 0.717) is 11.1 Å². The molecule has 2 atom stereocenters. The van der Waals surface area contributed by atoms with Crippen molar-refractivity contribution in [1.29, 1.82) is 5.26 Å². The molecule has 5 nitrogen and oxygen atoms in total. The van der Waals surface area contributed by atoms with Gasteiger partial charge in [0.2, 0.25) is 5.91 Å². The van der Waals surface area contributed by atoms with E-state index in [1.54, 1.807) is 13.0 Å². The Bertz CT molecular complexity index is 1040. The van der Waals surface area contributed by atoms with Gasteiger partial charge in [-0.15, -0.1) is 0 Å². The molecule has 2 N–H and O–H groups in total. The monoisotopic (exact) mass is 400 g/mol. The average molecular weight is 400 g/mol. The molecule has 0 saturated heterocycles. The molecular formula is C21H19F3N4O. The van der Waals surface area contributed by atoms with E-state index < -0.39 is 23.2 Å². The number of amides is 1. The van der Waals surface area contributed by atoms with Crippen molar-refractivity contribution in [3.05, 3.63) is 70.5 Å². The quantitative estimate of drug-likeness (QED) is 0.855. The molecule has 150 valence electrons. The van der Waals surface area contributed by atoms with Crippen molar-refractivity contribution >= 4 is 11.9 Å². The number of hydrogen-bond acceptors (Lipinski definition) is 4. The molecule has 2 aromatic carbocycles. The maximum Gasteiger partial charge on any atom is 0.270 e. The maximum absolute atomic E-state index is 13.8. The topological polar surface area (TPSA) is 82.5 Å². The van der Waals surface area contributed by atoms with Crippen molar-refractivity contribution in [2.45, 2.75) is 31.2 Å². The van der Waals surface area contributed by atoms with Gasteiger partial charge in [0.15, 0.2) is 5.96 Å². The van der Waals surface area contributed by atoms with Gasteiger partial charge in [-0.3, -0.25) is 9.69 Å². The molecule has 0 aromatic heterocycles. The number of guanidine groups is 1. The third kappa shape index (κ3) is 3.44. The Morgan fingerprint density at radius 2 is 1.86 bits per heavy atom. The standard InChI is InChI=1S/C21H19F3N4O/c1-20(15-8-9-16(22)13(10-15)11-25)17(18(29)28(3)19(26)27-20)12-4-6-14(7-5-12)21(2,23)24/h4-10,17H,1-3H3,(H2,26,27)/t17-,20-/m1/s1. The molecule has 3 rings (SSSR count). The number of halogens is 3. The predicted octanol–water partition coefficient (Wildman–Crippen LogP) is 3.59. The van der Waals surface area contributed by atoms with E-state index in [4.69, 9.17) is 11.0 Å². The normalized spacial score (nSPS) is 22.2. The molecule has 1 aliphatic rings.